The Morgan fingerprint density at radius 3 is 2.26 bits per heavy atom. The van der Waals surface area contributed by atoms with Crippen molar-refractivity contribution in [1.29, 1.82) is 0 Å². The zero-order chi connectivity index (χ0) is 13.1. The van der Waals surface area contributed by atoms with Crippen LogP contribution in [0.1, 0.15) is 29.4 Å². The summed E-state index contributed by atoms with van der Waals surface area (Å²) in [5, 5.41) is 21.4. The van der Waals surface area contributed by atoms with Gasteiger partial charge in [0.25, 0.3) is 0 Å². The first-order valence-electron chi connectivity index (χ1n) is 6.27. The normalized spacial score (nSPS) is 23.0. The molecule has 0 unspecified atom stereocenters. The lowest BCUT2D eigenvalue weighted by molar-refractivity contribution is 0.395. The molecule has 4 rings (SSSR count). The van der Waals surface area contributed by atoms with E-state index in [0.29, 0.717) is 10.7 Å². The molecule has 2 atom stereocenters. The van der Waals surface area contributed by atoms with Gasteiger partial charge in [0.1, 0.15) is 0 Å². The number of aromatic hydroxyl groups is 2. The van der Waals surface area contributed by atoms with E-state index < -0.39 is 0 Å². The summed E-state index contributed by atoms with van der Waals surface area (Å²) in [6.45, 7) is 0. The van der Waals surface area contributed by atoms with Gasteiger partial charge in [0.15, 0.2) is 0 Å². The van der Waals surface area contributed by atoms with Gasteiger partial charge in [-0.05, 0) is 24.6 Å². The number of halogens is 1. The maximum Gasteiger partial charge on any atom is 0.202 e. The fourth-order valence-corrected chi connectivity index (χ4v) is 3.48. The molecule has 2 bridgehead atoms. The predicted molar refractivity (Wildman–Crippen MR) is 73.3 cm³/mol. The number of fused-ring (bicyclic) bond motifs is 5. The summed E-state index contributed by atoms with van der Waals surface area (Å²) in [6.07, 6.45) is 5.17. The first-order chi connectivity index (χ1) is 9.16. The summed E-state index contributed by atoms with van der Waals surface area (Å²) >= 11 is 5.97. The van der Waals surface area contributed by atoms with E-state index >= 15 is 0 Å². The highest BCUT2D eigenvalue weighted by atomic mass is 35.5. The number of benzene rings is 1. The second-order valence-corrected chi connectivity index (χ2v) is 5.56. The van der Waals surface area contributed by atoms with Gasteiger partial charge >= 0.3 is 0 Å². The molecule has 3 nitrogen and oxygen atoms in total. The molecule has 1 heterocycles. The van der Waals surface area contributed by atoms with Crippen molar-refractivity contribution in [2.75, 3.05) is 0 Å². The molecule has 2 aromatic rings. The highest BCUT2D eigenvalue weighted by molar-refractivity contribution is 6.30. The maximum atomic E-state index is 10.4. The average molecular weight is 274 g/mol. The summed E-state index contributed by atoms with van der Waals surface area (Å²) in [7, 11) is 0. The van der Waals surface area contributed by atoms with Gasteiger partial charge in [-0.2, -0.15) is 0 Å². The highest BCUT2D eigenvalue weighted by Crippen LogP contribution is 2.57. The quantitative estimate of drug-likeness (QED) is 0.779. The highest BCUT2D eigenvalue weighted by Gasteiger charge is 2.41. The van der Waals surface area contributed by atoms with Crippen molar-refractivity contribution in [3.63, 3.8) is 0 Å². The molecule has 2 aliphatic carbocycles. The van der Waals surface area contributed by atoms with Gasteiger partial charge in [-0.1, -0.05) is 29.8 Å². The second kappa shape index (κ2) is 3.58. The van der Waals surface area contributed by atoms with E-state index in [2.05, 4.69) is 12.2 Å². The second-order valence-electron chi connectivity index (χ2n) is 5.12. The van der Waals surface area contributed by atoms with Crippen molar-refractivity contribution in [3.05, 3.63) is 52.6 Å². The summed E-state index contributed by atoms with van der Waals surface area (Å²) < 4.78 is 1.47. The Morgan fingerprint density at radius 2 is 1.68 bits per heavy atom. The van der Waals surface area contributed by atoms with Crippen molar-refractivity contribution in [1.82, 2.24) is 4.57 Å². The van der Waals surface area contributed by atoms with Crippen LogP contribution in [0.3, 0.4) is 0 Å². The van der Waals surface area contributed by atoms with Crippen LogP contribution in [-0.4, -0.2) is 14.8 Å². The van der Waals surface area contributed by atoms with Gasteiger partial charge in [0, 0.05) is 28.0 Å². The van der Waals surface area contributed by atoms with E-state index in [1.165, 1.54) is 4.57 Å². The largest absolute Gasteiger partial charge is 0.494 e. The van der Waals surface area contributed by atoms with E-state index in [1.807, 2.05) is 6.07 Å². The minimum Gasteiger partial charge on any atom is -0.494 e. The molecule has 1 aromatic heterocycles. The van der Waals surface area contributed by atoms with E-state index in [-0.39, 0.29) is 23.6 Å². The molecule has 0 aliphatic heterocycles. The predicted octanol–water partition coefficient (Wildman–Crippen LogP) is 3.68. The van der Waals surface area contributed by atoms with Crippen LogP contribution in [-0.2, 0) is 0 Å². The first-order valence-corrected chi connectivity index (χ1v) is 6.65. The van der Waals surface area contributed by atoms with Gasteiger partial charge in [-0.15, -0.1) is 0 Å². The Labute approximate surface area is 115 Å². The van der Waals surface area contributed by atoms with Gasteiger partial charge in [-0.25, -0.2) is 0 Å². The minimum atomic E-state index is 0.131. The Balaban J connectivity index is 1.97. The monoisotopic (exact) mass is 273 g/mol. The molecule has 96 valence electrons. The van der Waals surface area contributed by atoms with Gasteiger partial charge in [0.05, 0.1) is 5.69 Å². The summed E-state index contributed by atoms with van der Waals surface area (Å²) in [4.78, 5) is 0. The van der Waals surface area contributed by atoms with Gasteiger partial charge in [0.2, 0.25) is 11.8 Å². The lowest BCUT2D eigenvalue weighted by Crippen LogP contribution is -1.95. The summed E-state index contributed by atoms with van der Waals surface area (Å²) in [5.74, 6) is 0.718. The minimum absolute atomic E-state index is 0.131. The maximum absolute atomic E-state index is 10.4. The molecule has 0 radical (unpaired) electrons. The van der Waals surface area contributed by atoms with Crippen LogP contribution >= 0.6 is 11.6 Å². The van der Waals surface area contributed by atoms with Gasteiger partial charge in [-0.3, -0.25) is 4.57 Å². The molecule has 19 heavy (non-hydrogen) atoms. The van der Waals surface area contributed by atoms with Crippen molar-refractivity contribution in [2.45, 2.75) is 18.3 Å². The van der Waals surface area contributed by atoms with Crippen LogP contribution in [0.25, 0.3) is 5.69 Å². The van der Waals surface area contributed by atoms with Crippen molar-refractivity contribution in [2.24, 2.45) is 0 Å². The Morgan fingerprint density at radius 1 is 1.05 bits per heavy atom. The summed E-state index contributed by atoms with van der Waals surface area (Å²) in [5.41, 5.74) is 2.41. The van der Waals surface area contributed by atoms with E-state index in [4.69, 9.17) is 11.6 Å². The van der Waals surface area contributed by atoms with Crippen LogP contribution in [0.4, 0.5) is 0 Å². The Hall–Kier alpha value is -1.87. The Kier molecular flexibility index (Phi) is 2.07. The number of hydrogen-bond donors (Lipinski definition) is 2. The van der Waals surface area contributed by atoms with Crippen molar-refractivity contribution >= 4 is 11.6 Å². The number of rotatable bonds is 1. The molecular weight excluding hydrogens is 262 g/mol. The number of aromatic nitrogens is 1. The number of hydrogen-bond acceptors (Lipinski definition) is 2. The summed E-state index contributed by atoms with van der Waals surface area (Å²) in [6, 6.07) is 7.11. The molecule has 4 heteroatoms. The van der Waals surface area contributed by atoms with Gasteiger partial charge < -0.3 is 10.2 Å². The topological polar surface area (TPSA) is 45.4 Å². The van der Waals surface area contributed by atoms with Crippen molar-refractivity contribution in [3.8, 4) is 17.4 Å². The molecule has 0 amide bonds. The third-order valence-corrected chi connectivity index (χ3v) is 4.32. The van der Waals surface area contributed by atoms with Crippen molar-refractivity contribution < 1.29 is 10.2 Å². The number of allylic oxidation sites excluding steroid dienone is 2. The third-order valence-electron chi connectivity index (χ3n) is 4.09. The van der Waals surface area contributed by atoms with E-state index in [0.717, 1.165) is 17.5 Å². The molecular formula is C15H12ClNO2. The lowest BCUT2D eigenvalue weighted by atomic mass is 10.0. The van der Waals surface area contributed by atoms with Crippen LogP contribution in [0.15, 0.2) is 36.4 Å². The Bertz CT molecular complexity index is 682. The van der Waals surface area contributed by atoms with Crippen LogP contribution in [0, 0.1) is 0 Å². The average Bonchev–Trinajstić information content (AvgIpc) is 3.04. The third kappa shape index (κ3) is 1.33. The molecule has 1 aromatic carbocycles. The van der Waals surface area contributed by atoms with E-state index in [1.54, 1.807) is 18.2 Å². The fourth-order valence-electron chi connectivity index (χ4n) is 3.30. The van der Waals surface area contributed by atoms with Crippen LogP contribution in [0.5, 0.6) is 11.8 Å². The molecule has 0 fully saturated rings. The fraction of sp³-hybridized carbons (Fsp3) is 0.200. The van der Waals surface area contributed by atoms with Crippen LogP contribution in [0.2, 0.25) is 5.02 Å². The zero-order valence-electron chi connectivity index (χ0n) is 10.0. The standard InChI is InChI=1S/C15H12ClNO2/c16-10-2-1-3-11(7-10)17-14(18)12-8-4-5-9(6-8)13(12)15(17)19/h1-5,7-9,18-19H,6H2/t8-,9+. The molecule has 0 spiro atoms. The first kappa shape index (κ1) is 11.0. The van der Waals surface area contributed by atoms with E-state index in [9.17, 15) is 10.2 Å². The smallest absolute Gasteiger partial charge is 0.202 e. The number of nitrogens with zero attached hydrogens (tertiary/aromatic N) is 1. The molecule has 0 saturated heterocycles. The molecule has 0 saturated carbocycles. The zero-order valence-corrected chi connectivity index (χ0v) is 10.8. The van der Waals surface area contributed by atoms with Crippen LogP contribution < -0.4 is 0 Å². The molecule has 2 N–H and O–H groups in total. The molecule has 2 aliphatic rings. The lowest BCUT2D eigenvalue weighted by Gasteiger charge is -2.09. The SMILES string of the molecule is Oc1c2c(c(O)n1-c1cccc(Cl)c1)[C@H]1C=C[C@@H]2C1.